The average molecular weight is 162 g/mol. The predicted octanol–water partition coefficient (Wildman–Crippen LogP) is 2.90. The van der Waals surface area contributed by atoms with Crippen molar-refractivity contribution in [3.63, 3.8) is 0 Å². The van der Waals surface area contributed by atoms with Crippen LogP contribution < -0.4 is 0 Å². The first-order valence-electron chi connectivity index (χ1n) is 3.65. The first kappa shape index (κ1) is 7.80. The minimum atomic E-state index is 0.0521. The van der Waals surface area contributed by atoms with E-state index in [0.717, 1.165) is 0 Å². The zero-order valence-electron chi connectivity index (χ0n) is 5.64. The molecule has 0 atom stereocenters. The first-order chi connectivity index (χ1) is 4.21. The summed E-state index contributed by atoms with van der Waals surface area (Å²) in [4.78, 5) is 0. The number of hydrogen-bond donors (Lipinski definition) is 2. The third-order valence-corrected chi connectivity index (χ3v) is 2.80. The van der Waals surface area contributed by atoms with E-state index in [4.69, 9.17) is 0 Å². The molecule has 9 heavy (non-hydrogen) atoms. The van der Waals surface area contributed by atoms with Crippen molar-refractivity contribution < 1.29 is 0 Å². The average Bonchev–Trinajstić information content (AvgIpc) is 1.92. The van der Waals surface area contributed by atoms with Crippen molar-refractivity contribution in [3.05, 3.63) is 0 Å². The van der Waals surface area contributed by atoms with Crippen LogP contribution in [0.5, 0.6) is 0 Å². The smallest absolute Gasteiger partial charge is 0.0552 e. The highest BCUT2D eigenvalue weighted by atomic mass is 32.2. The predicted molar refractivity (Wildman–Crippen MR) is 48.4 cm³/mol. The van der Waals surface area contributed by atoms with Crippen molar-refractivity contribution >= 4 is 25.3 Å². The lowest BCUT2D eigenvalue weighted by Gasteiger charge is -2.18. The van der Waals surface area contributed by atoms with Crippen molar-refractivity contribution in [1.29, 1.82) is 0 Å². The van der Waals surface area contributed by atoms with Crippen LogP contribution in [0.3, 0.4) is 0 Å². The van der Waals surface area contributed by atoms with Crippen LogP contribution >= 0.6 is 25.3 Å². The topological polar surface area (TPSA) is 0 Å². The van der Waals surface area contributed by atoms with E-state index in [1.165, 1.54) is 38.5 Å². The molecule has 0 N–H and O–H groups in total. The molecule has 2 heteroatoms. The fraction of sp³-hybridized carbons (Fsp3) is 1.00. The van der Waals surface area contributed by atoms with Crippen LogP contribution in [0, 0.1) is 0 Å². The van der Waals surface area contributed by atoms with E-state index in [0.29, 0.717) is 0 Å². The summed E-state index contributed by atoms with van der Waals surface area (Å²) >= 11 is 8.90. The first-order valence-corrected chi connectivity index (χ1v) is 4.55. The molecule has 0 radical (unpaired) electrons. The molecule has 0 aromatic heterocycles. The Morgan fingerprint density at radius 1 is 0.778 bits per heavy atom. The summed E-state index contributed by atoms with van der Waals surface area (Å²) in [5.41, 5.74) is 0. The lowest BCUT2D eigenvalue weighted by Crippen LogP contribution is -2.09. The molecule has 0 bridgehead atoms. The SMILES string of the molecule is SC1(S)CCCCCC1. The molecule has 54 valence electrons. The molecule has 0 aliphatic heterocycles. The van der Waals surface area contributed by atoms with Gasteiger partial charge in [-0.05, 0) is 12.8 Å². The quantitative estimate of drug-likeness (QED) is 0.305. The lowest BCUT2D eigenvalue weighted by molar-refractivity contribution is 0.684. The zero-order chi connectivity index (χ0) is 6.74. The van der Waals surface area contributed by atoms with Gasteiger partial charge in [0.05, 0.1) is 4.08 Å². The van der Waals surface area contributed by atoms with Crippen molar-refractivity contribution in [1.82, 2.24) is 0 Å². The highest BCUT2D eigenvalue weighted by Gasteiger charge is 2.20. The molecule has 0 saturated heterocycles. The van der Waals surface area contributed by atoms with Gasteiger partial charge in [-0.15, -0.1) is 0 Å². The molecule has 0 amide bonds. The van der Waals surface area contributed by atoms with Crippen molar-refractivity contribution in [2.24, 2.45) is 0 Å². The van der Waals surface area contributed by atoms with E-state index < -0.39 is 0 Å². The fourth-order valence-electron chi connectivity index (χ4n) is 1.29. The molecule has 0 aromatic rings. The van der Waals surface area contributed by atoms with Gasteiger partial charge >= 0.3 is 0 Å². The van der Waals surface area contributed by atoms with E-state index in [-0.39, 0.29) is 4.08 Å². The number of thiol groups is 2. The van der Waals surface area contributed by atoms with Gasteiger partial charge in [-0.25, -0.2) is 0 Å². The van der Waals surface area contributed by atoms with Gasteiger partial charge in [0.1, 0.15) is 0 Å². The van der Waals surface area contributed by atoms with Crippen molar-refractivity contribution in [3.8, 4) is 0 Å². The van der Waals surface area contributed by atoms with Gasteiger partial charge in [-0.3, -0.25) is 0 Å². The summed E-state index contributed by atoms with van der Waals surface area (Å²) in [5, 5.41) is 0. The molecule has 0 heterocycles. The maximum Gasteiger partial charge on any atom is 0.0552 e. The Labute approximate surface area is 68.2 Å². The van der Waals surface area contributed by atoms with Gasteiger partial charge in [-0.2, -0.15) is 25.3 Å². The van der Waals surface area contributed by atoms with Crippen molar-refractivity contribution in [2.45, 2.75) is 42.6 Å². The molecule has 0 aromatic carbocycles. The molecule has 1 aliphatic rings. The monoisotopic (exact) mass is 162 g/mol. The zero-order valence-corrected chi connectivity index (χ0v) is 7.43. The second kappa shape index (κ2) is 3.20. The minimum absolute atomic E-state index is 0.0521. The molecular weight excluding hydrogens is 148 g/mol. The minimum Gasteiger partial charge on any atom is -0.162 e. The second-order valence-corrected chi connectivity index (χ2v) is 4.96. The normalized spacial score (nSPS) is 27.3. The summed E-state index contributed by atoms with van der Waals surface area (Å²) in [6.45, 7) is 0. The third-order valence-electron chi connectivity index (χ3n) is 1.90. The fourth-order valence-corrected chi connectivity index (χ4v) is 1.93. The molecule has 1 saturated carbocycles. The Morgan fingerprint density at radius 3 is 1.67 bits per heavy atom. The standard InChI is InChI=1S/C7H14S2/c8-7(9)5-3-1-2-4-6-7/h8-9H,1-6H2. The molecule has 1 rings (SSSR count). The summed E-state index contributed by atoms with van der Waals surface area (Å²) < 4.78 is 0.0521. The molecule has 1 fully saturated rings. The summed E-state index contributed by atoms with van der Waals surface area (Å²) in [6.07, 6.45) is 7.74. The van der Waals surface area contributed by atoms with E-state index in [2.05, 4.69) is 25.3 Å². The molecule has 0 spiro atoms. The summed E-state index contributed by atoms with van der Waals surface area (Å²) in [5.74, 6) is 0. The maximum absolute atomic E-state index is 4.45. The van der Waals surface area contributed by atoms with Gasteiger partial charge in [-0.1, -0.05) is 25.7 Å². The van der Waals surface area contributed by atoms with Gasteiger partial charge in [0.2, 0.25) is 0 Å². The highest BCUT2D eigenvalue weighted by molar-refractivity contribution is 8.00. The van der Waals surface area contributed by atoms with Crippen LogP contribution in [-0.4, -0.2) is 4.08 Å². The molecule has 0 nitrogen and oxygen atoms in total. The number of rotatable bonds is 0. The Hall–Kier alpha value is 0.700. The van der Waals surface area contributed by atoms with Gasteiger partial charge in [0.15, 0.2) is 0 Å². The Morgan fingerprint density at radius 2 is 1.22 bits per heavy atom. The van der Waals surface area contributed by atoms with E-state index in [9.17, 15) is 0 Å². The Balaban J connectivity index is 2.36. The molecule has 1 aliphatic carbocycles. The van der Waals surface area contributed by atoms with E-state index >= 15 is 0 Å². The van der Waals surface area contributed by atoms with Crippen LogP contribution in [0.15, 0.2) is 0 Å². The van der Waals surface area contributed by atoms with Crippen LogP contribution in [0.4, 0.5) is 0 Å². The molecule has 0 unspecified atom stereocenters. The van der Waals surface area contributed by atoms with E-state index in [1.807, 2.05) is 0 Å². The summed E-state index contributed by atoms with van der Waals surface area (Å²) in [6, 6.07) is 0. The Kier molecular flexibility index (Phi) is 2.77. The van der Waals surface area contributed by atoms with E-state index in [1.54, 1.807) is 0 Å². The van der Waals surface area contributed by atoms with Crippen LogP contribution in [-0.2, 0) is 0 Å². The van der Waals surface area contributed by atoms with Crippen LogP contribution in [0.1, 0.15) is 38.5 Å². The van der Waals surface area contributed by atoms with Crippen molar-refractivity contribution in [2.75, 3.05) is 0 Å². The number of hydrogen-bond acceptors (Lipinski definition) is 2. The molecular formula is C7H14S2. The highest BCUT2D eigenvalue weighted by Crippen LogP contribution is 2.35. The van der Waals surface area contributed by atoms with Gasteiger partial charge in [0.25, 0.3) is 0 Å². The second-order valence-electron chi connectivity index (χ2n) is 2.90. The van der Waals surface area contributed by atoms with Crippen LogP contribution in [0.25, 0.3) is 0 Å². The van der Waals surface area contributed by atoms with Gasteiger partial charge < -0.3 is 0 Å². The largest absolute Gasteiger partial charge is 0.162 e. The maximum atomic E-state index is 4.45. The lowest BCUT2D eigenvalue weighted by atomic mass is 10.2. The Bertz CT molecular complexity index is 78.9. The third kappa shape index (κ3) is 2.85. The summed E-state index contributed by atoms with van der Waals surface area (Å²) in [7, 11) is 0. The van der Waals surface area contributed by atoms with Gasteiger partial charge in [0, 0.05) is 0 Å². The van der Waals surface area contributed by atoms with Crippen LogP contribution in [0.2, 0.25) is 0 Å².